The summed E-state index contributed by atoms with van der Waals surface area (Å²) >= 11 is 0. The third-order valence-electron chi connectivity index (χ3n) is 4.67. The van der Waals surface area contributed by atoms with Crippen molar-refractivity contribution in [2.24, 2.45) is 5.73 Å². The van der Waals surface area contributed by atoms with Crippen LogP contribution < -0.4 is 16.4 Å². The van der Waals surface area contributed by atoms with Gasteiger partial charge in [0.1, 0.15) is 5.82 Å². The van der Waals surface area contributed by atoms with Crippen LogP contribution in [0.5, 0.6) is 0 Å². The van der Waals surface area contributed by atoms with Crippen LogP contribution in [0.25, 0.3) is 11.4 Å². The third-order valence-corrected chi connectivity index (χ3v) is 4.67. The maximum Gasteiger partial charge on any atom is 0.312 e. The second kappa shape index (κ2) is 9.16. The highest BCUT2D eigenvalue weighted by molar-refractivity contribution is 5.90. The SMILES string of the molecule is NC(=O)NCCCCC(=O)Nc1ccc(-c2nnc3n2CCCCC3)cc1. The summed E-state index contributed by atoms with van der Waals surface area (Å²) < 4.78 is 2.21. The molecule has 8 heteroatoms. The molecule has 4 N–H and O–H groups in total. The Morgan fingerprint density at radius 3 is 2.67 bits per heavy atom. The van der Waals surface area contributed by atoms with Crippen LogP contribution >= 0.6 is 0 Å². The van der Waals surface area contributed by atoms with Gasteiger partial charge in [-0.15, -0.1) is 10.2 Å². The Morgan fingerprint density at radius 1 is 1.07 bits per heavy atom. The zero-order valence-corrected chi connectivity index (χ0v) is 15.4. The molecule has 0 saturated heterocycles. The molecule has 1 aromatic carbocycles. The lowest BCUT2D eigenvalue weighted by molar-refractivity contribution is -0.116. The molecule has 0 bridgehead atoms. The van der Waals surface area contributed by atoms with E-state index in [-0.39, 0.29) is 5.91 Å². The molecule has 1 aliphatic rings. The number of nitrogens with two attached hydrogens (primary N) is 1. The summed E-state index contributed by atoms with van der Waals surface area (Å²) in [7, 11) is 0. The number of benzene rings is 1. The van der Waals surface area contributed by atoms with E-state index in [1.165, 1.54) is 12.8 Å². The van der Waals surface area contributed by atoms with Gasteiger partial charge in [-0.25, -0.2) is 4.79 Å². The first-order chi connectivity index (χ1) is 13.1. The second-order valence-electron chi connectivity index (χ2n) is 6.78. The van der Waals surface area contributed by atoms with Gasteiger partial charge in [0, 0.05) is 37.2 Å². The van der Waals surface area contributed by atoms with Crippen LogP contribution in [0.4, 0.5) is 10.5 Å². The van der Waals surface area contributed by atoms with Gasteiger partial charge in [-0.05, 0) is 49.9 Å². The molecule has 0 spiro atoms. The van der Waals surface area contributed by atoms with Crippen LogP contribution in [0, 0.1) is 0 Å². The highest BCUT2D eigenvalue weighted by Crippen LogP contribution is 2.24. The molecule has 8 nitrogen and oxygen atoms in total. The minimum Gasteiger partial charge on any atom is -0.352 e. The number of carbonyl (C=O) groups is 2. The van der Waals surface area contributed by atoms with Gasteiger partial charge in [0.05, 0.1) is 0 Å². The normalized spacial score (nSPS) is 13.5. The molecule has 1 aromatic heterocycles. The number of aryl methyl sites for hydroxylation is 1. The molecule has 1 aliphatic heterocycles. The van der Waals surface area contributed by atoms with Gasteiger partial charge in [0.15, 0.2) is 5.82 Å². The van der Waals surface area contributed by atoms with Crippen molar-refractivity contribution in [1.82, 2.24) is 20.1 Å². The Hall–Kier alpha value is -2.90. The number of hydrogen-bond donors (Lipinski definition) is 3. The van der Waals surface area contributed by atoms with Crippen LogP contribution in [-0.2, 0) is 17.8 Å². The van der Waals surface area contributed by atoms with Crippen molar-refractivity contribution in [2.45, 2.75) is 51.5 Å². The van der Waals surface area contributed by atoms with Gasteiger partial charge in [-0.1, -0.05) is 6.42 Å². The second-order valence-corrected chi connectivity index (χ2v) is 6.78. The summed E-state index contributed by atoms with van der Waals surface area (Å²) in [4.78, 5) is 22.6. The fraction of sp³-hybridized carbons (Fsp3) is 0.474. The molecular formula is C19H26N6O2. The largest absolute Gasteiger partial charge is 0.352 e. The number of unbranched alkanes of at least 4 members (excludes halogenated alkanes) is 1. The number of fused-ring (bicyclic) bond motifs is 1. The van der Waals surface area contributed by atoms with Gasteiger partial charge in [0.25, 0.3) is 0 Å². The van der Waals surface area contributed by atoms with Crippen molar-refractivity contribution < 1.29 is 9.59 Å². The molecule has 3 rings (SSSR count). The molecule has 0 aliphatic carbocycles. The predicted molar refractivity (Wildman–Crippen MR) is 103 cm³/mol. The molecule has 2 aromatic rings. The van der Waals surface area contributed by atoms with E-state index in [2.05, 4.69) is 25.4 Å². The number of anilines is 1. The smallest absolute Gasteiger partial charge is 0.312 e. The zero-order chi connectivity index (χ0) is 19.1. The number of nitrogens with one attached hydrogen (secondary N) is 2. The zero-order valence-electron chi connectivity index (χ0n) is 15.4. The maximum atomic E-state index is 12.0. The minimum atomic E-state index is -0.538. The Morgan fingerprint density at radius 2 is 1.89 bits per heavy atom. The number of rotatable bonds is 7. The van der Waals surface area contributed by atoms with E-state index in [0.29, 0.717) is 25.8 Å². The van der Waals surface area contributed by atoms with E-state index in [9.17, 15) is 9.59 Å². The maximum absolute atomic E-state index is 12.0. The Bertz CT molecular complexity index is 784. The fourth-order valence-corrected chi connectivity index (χ4v) is 3.25. The standard InChI is InChI=1S/C19H26N6O2/c20-19(27)21-12-4-3-7-17(26)22-15-10-8-14(9-11-15)18-24-23-16-6-2-1-5-13-25(16)18/h8-11H,1-7,12-13H2,(H,22,26)(H3,20,21,27). The van der Waals surface area contributed by atoms with Crippen molar-refractivity contribution in [1.29, 1.82) is 0 Å². The number of primary amides is 1. The van der Waals surface area contributed by atoms with Gasteiger partial charge >= 0.3 is 6.03 Å². The lowest BCUT2D eigenvalue weighted by Crippen LogP contribution is -2.30. The van der Waals surface area contributed by atoms with Gasteiger partial charge in [-0.2, -0.15) is 0 Å². The van der Waals surface area contributed by atoms with Crippen LogP contribution in [0.3, 0.4) is 0 Å². The van der Waals surface area contributed by atoms with Crippen molar-refractivity contribution >= 4 is 17.6 Å². The average Bonchev–Trinajstić information content (AvgIpc) is 2.90. The van der Waals surface area contributed by atoms with Crippen LogP contribution in [0.15, 0.2) is 24.3 Å². The highest BCUT2D eigenvalue weighted by atomic mass is 16.2. The summed E-state index contributed by atoms with van der Waals surface area (Å²) in [6, 6.07) is 7.17. The molecule has 0 saturated carbocycles. The van der Waals surface area contributed by atoms with E-state index >= 15 is 0 Å². The van der Waals surface area contributed by atoms with Gasteiger partial charge in [0.2, 0.25) is 5.91 Å². The number of urea groups is 1. The summed E-state index contributed by atoms with van der Waals surface area (Å²) in [5.41, 5.74) is 6.75. The third kappa shape index (κ3) is 5.29. The average molecular weight is 370 g/mol. The van der Waals surface area contributed by atoms with E-state index in [1.807, 2.05) is 24.3 Å². The highest BCUT2D eigenvalue weighted by Gasteiger charge is 2.15. The number of aromatic nitrogens is 3. The fourth-order valence-electron chi connectivity index (χ4n) is 3.25. The molecule has 2 heterocycles. The van der Waals surface area contributed by atoms with Crippen molar-refractivity contribution in [3.8, 4) is 11.4 Å². The predicted octanol–water partition coefficient (Wildman–Crippen LogP) is 2.45. The Kier molecular flexibility index (Phi) is 6.40. The number of carbonyl (C=O) groups excluding carboxylic acids is 2. The number of nitrogens with zero attached hydrogens (tertiary/aromatic N) is 3. The van der Waals surface area contributed by atoms with Gasteiger partial charge < -0.3 is 20.9 Å². The molecule has 0 fully saturated rings. The summed E-state index contributed by atoms with van der Waals surface area (Å²) in [5.74, 6) is 1.91. The molecular weight excluding hydrogens is 344 g/mol. The van der Waals surface area contributed by atoms with Crippen LogP contribution in [0.1, 0.15) is 44.3 Å². The first-order valence-electron chi connectivity index (χ1n) is 9.49. The first kappa shape index (κ1) is 18.9. The summed E-state index contributed by atoms with van der Waals surface area (Å²) in [6.07, 6.45) is 6.34. The monoisotopic (exact) mass is 370 g/mol. The number of hydrogen-bond acceptors (Lipinski definition) is 4. The molecule has 144 valence electrons. The van der Waals surface area contributed by atoms with Crippen LogP contribution in [-0.4, -0.2) is 33.2 Å². The quantitative estimate of drug-likeness (QED) is 0.649. The summed E-state index contributed by atoms with van der Waals surface area (Å²) in [6.45, 7) is 1.45. The van der Waals surface area contributed by atoms with E-state index in [1.54, 1.807) is 0 Å². The van der Waals surface area contributed by atoms with E-state index < -0.39 is 6.03 Å². The van der Waals surface area contributed by atoms with E-state index in [4.69, 9.17) is 5.73 Å². The number of amides is 3. The molecule has 0 radical (unpaired) electrons. The lowest BCUT2D eigenvalue weighted by atomic mass is 10.1. The van der Waals surface area contributed by atoms with Crippen LogP contribution in [0.2, 0.25) is 0 Å². The molecule has 3 amide bonds. The Labute approximate surface area is 158 Å². The first-order valence-corrected chi connectivity index (χ1v) is 9.49. The minimum absolute atomic E-state index is 0.0434. The molecule has 0 atom stereocenters. The Balaban J connectivity index is 1.53. The molecule has 27 heavy (non-hydrogen) atoms. The summed E-state index contributed by atoms with van der Waals surface area (Å²) in [5, 5.41) is 14.1. The molecule has 0 unspecified atom stereocenters. The van der Waals surface area contributed by atoms with Crippen molar-refractivity contribution in [2.75, 3.05) is 11.9 Å². The lowest BCUT2D eigenvalue weighted by Gasteiger charge is -2.09. The van der Waals surface area contributed by atoms with Crippen molar-refractivity contribution in [3.05, 3.63) is 30.1 Å². The van der Waals surface area contributed by atoms with E-state index in [0.717, 1.165) is 42.3 Å². The van der Waals surface area contributed by atoms with Crippen molar-refractivity contribution in [3.63, 3.8) is 0 Å². The topological polar surface area (TPSA) is 115 Å². The van der Waals surface area contributed by atoms with Gasteiger partial charge in [-0.3, -0.25) is 4.79 Å².